The van der Waals surface area contributed by atoms with Gasteiger partial charge < -0.3 is 9.47 Å². The average molecular weight is 437 g/mol. The molecule has 0 unspecified atom stereocenters. The Kier molecular flexibility index (Phi) is 7.10. The number of fused-ring (bicyclic) bond motifs is 2. The van der Waals surface area contributed by atoms with Gasteiger partial charge in [-0.3, -0.25) is 15.0 Å². The molecule has 0 aromatic heterocycles. The molecule has 1 heterocycles. The summed E-state index contributed by atoms with van der Waals surface area (Å²) in [4.78, 5) is 27.5. The summed E-state index contributed by atoms with van der Waals surface area (Å²) in [5, 5.41) is 2.86. The monoisotopic (exact) mass is 436 g/mol. The zero-order chi connectivity index (χ0) is 22.5. The maximum absolute atomic E-state index is 13.3. The van der Waals surface area contributed by atoms with Crippen molar-refractivity contribution in [3.05, 3.63) is 53.6 Å². The third-order valence-corrected chi connectivity index (χ3v) is 6.08. The van der Waals surface area contributed by atoms with Gasteiger partial charge in [-0.15, -0.1) is 0 Å². The predicted molar refractivity (Wildman–Crippen MR) is 126 cm³/mol. The van der Waals surface area contributed by atoms with E-state index in [4.69, 9.17) is 9.47 Å². The Hall–Kier alpha value is -2.86. The van der Waals surface area contributed by atoms with Crippen LogP contribution in [0.3, 0.4) is 0 Å². The van der Waals surface area contributed by atoms with Crippen molar-refractivity contribution in [3.8, 4) is 0 Å². The number of aryl methyl sites for hydroxylation is 2. The standard InChI is InChI=1S/C26H32N2O4/c1-18(2)31-17-25(29)28-23-11-7-6-8-19(23)12-13-20-14-15-21(16-24(20)28)27-26(30)32-22-9-4-3-5-10-22/h6-8,11,14-16,18,22H,3-5,9-10,12-13,17H2,1-2H3,(H,27,30). The van der Waals surface area contributed by atoms with E-state index >= 15 is 0 Å². The van der Waals surface area contributed by atoms with Gasteiger partial charge in [-0.05, 0) is 81.7 Å². The maximum Gasteiger partial charge on any atom is 0.411 e. The molecule has 1 aliphatic carbocycles. The molecule has 170 valence electrons. The highest BCUT2D eigenvalue weighted by atomic mass is 16.6. The maximum atomic E-state index is 13.3. The van der Waals surface area contributed by atoms with Crippen molar-refractivity contribution in [2.45, 2.75) is 71.0 Å². The number of anilines is 3. The van der Waals surface area contributed by atoms with Gasteiger partial charge in [-0.1, -0.05) is 30.7 Å². The van der Waals surface area contributed by atoms with Crippen LogP contribution in [-0.2, 0) is 27.1 Å². The summed E-state index contributed by atoms with van der Waals surface area (Å²) >= 11 is 0. The molecule has 32 heavy (non-hydrogen) atoms. The van der Waals surface area contributed by atoms with Crippen LogP contribution < -0.4 is 10.2 Å². The van der Waals surface area contributed by atoms with E-state index in [2.05, 4.69) is 11.4 Å². The van der Waals surface area contributed by atoms with Gasteiger partial charge in [-0.2, -0.15) is 0 Å². The van der Waals surface area contributed by atoms with Crippen molar-refractivity contribution in [3.63, 3.8) is 0 Å². The van der Waals surface area contributed by atoms with E-state index in [0.717, 1.165) is 61.0 Å². The lowest BCUT2D eigenvalue weighted by Crippen LogP contribution is -2.31. The number of rotatable bonds is 5. The summed E-state index contributed by atoms with van der Waals surface area (Å²) in [5.74, 6) is -0.128. The fraction of sp³-hybridized carbons (Fsp3) is 0.462. The van der Waals surface area contributed by atoms with E-state index in [-0.39, 0.29) is 24.7 Å². The van der Waals surface area contributed by atoms with Gasteiger partial charge in [0.1, 0.15) is 12.7 Å². The summed E-state index contributed by atoms with van der Waals surface area (Å²) in [5.41, 5.74) is 4.44. The third-order valence-electron chi connectivity index (χ3n) is 6.08. The van der Waals surface area contributed by atoms with E-state index in [9.17, 15) is 9.59 Å². The average Bonchev–Trinajstić information content (AvgIpc) is 2.94. The van der Waals surface area contributed by atoms with Crippen molar-refractivity contribution >= 4 is 29.1 Å². The highest BCUT2D eigenvalue weighted by molar-refractivity contribution is 6.03. The number of hydrogen-bond acceptors (Lipinski definition) is 4. The first kappa shape index (κ1) is 22.3. The summed E-state index contributed by atoms with van der Waals surface area (Å²) < 4.78 is 11.2. The van der Waals surface area contributed by atoms with Crippen LogP contribution in [0.5, 0.6) is 0 Å². The van der Waals surface area contributed by atoms with E-state index in [1.54, 1.807) is 4.90 Å². The van der Waals surface area contributed by atoms with Crippen LogP contribution in [0.25, 0.3) is 0 Å². The molecule has 2 aliphatic rings. The molecule has 6 nitrogen and oxygen atoms in total. The predicted octanol–water partition coefficient (Wildman–Crippen LogP) is 5.76. The van der Waals surface area contributed by atoms with E-state index < -0.39 is 6.09 Å². The van der Waals surface area contributed by atoms with Crippen LogP contribution in [-0.4, -0.2) is 30.8 Å². The van der Waals surface area contributed by atoms with E-state index in [1.807, 2.05) is 50.2 Å². The van der Waals surface area contributed by atoms with Crippen molar-refractivity contribution in [2.75, 3.05) is 16.8 Å². The van der Waals surface area contributed by atoms with Gasteiger partial charge in [0.05, 0.1) is 17.5 Å². The highest BCUT2D eigenvalue weighted by Crippen LogP contribution is 2.37. The van der Waals surface area contributed by atoms with Crippen LogP contribution in [0.1, 0.15) is 57.1 Å². The number of carbonyl (C=O) groups is 2. The zero-order valence-electron chi connectivity index (χ0n) is 18.9. The molecule has 2 aromatic rings. The van der Waals surface area contributed by atoms with Crippen LogP contribution in [0.4, 0.5) is 21.9 Å². The number of nitrogens with zero attached hydrogens (tertiary/aromatic N) is 1. The molecular formula is C26H32N2O4. The number of amides is 2. The number of para-hydroxylation sites is 1. The SMILES string of the molecule is CC(C)OCC(=O)N1c2ccccc2CCc2ccc(NC(=O)OC3CCCCC3)cc21. The molecule has 0 saturated heterocycles. The van der Waals surface area contributed by atoms with Gasteiger partial charge in [0.2, 0.25) is 0 Å². The van der Waals surface area contributed by atoms with Crippen LogP contribution >= 0.6 is 0 Å². The first-order valence-corrected chi connectivity index (χ1v) is 11.6. The molecule has 6 heteroatoms. The zero-order valence-corrected chi connectivity index (χ0v) is 18.9. The molecule has 4 rings (SSSR count). The molecule has 1 aliphatic heterocycles. The minimum Gasteiger partial charge on any atom is -0.446 e. The molecule has 2 aromatic carbocycles. The van der Waals surface area contributed by atoms with Gasteiger partial charge in [-0.25, -0.2) is 4.79 Å². The fourth-order valence-corrected chi connectivity index (χ4v) is 4.45. The lowest BCUT2D eigenvalue weighted by Gasteiger charge is -2.26. The number of benzene rings is 2. The number of carbonyl (C=O) groups excluding carboxylic acids is 2. The first-order valence-electron chi connectivity index (χ1n) is 11.6. The minimum atomic E-state index is -0.438. The molecule has 1 N–H and O–H groups in total. The van der Waals surface area contributed by atoms with Crippen LogP contribution in [0, 0.1) is 0 Å². The van der Waals surface area contributed by atoms with Gasteiger partial charge in [0.25, 0.3) is 5.91 Å². The van der Waals surface area contributed by atoms with Crippen molar-refractivity contribution in [2.24, 2.45) is 0 Å². The molecule has 2 amide bonds. The molecule has 1 saturated carbocycles. The van der Waals surface area contributed by atoms with Crippen molar-refractivity contribution in [1.82, 2.24) is 0 Å². The van der Waals surface area contributed by atoms with Gasteiger partial charge in [0, 0.05) is 5.69 Å². The van der Waals surface area contributed by atoms with E-state index in [0.29, 0.717) is 5.69 Å². The molecule has 0 spiro atoms. The Morgan fingerprint density at radius 2 is 1.72 bits per heavy atom. The minimum absolute atomic E-state index is 0.00712. The van der Waals surface area contributed by atoms with E-state index in [1.165, 1.54) is 6.42 Å². The Morgan fingerprint density at radius 1 is 1.00 bits per heavy atom. The first-order chi connectivity index (χ1) is 15.5. The quantitative estimate of drug-likeness (QED) is 0.647. The Labute approximate surface area is 189 Å². The smallest absolute Gasteiger partial charge is 0.411 e. The summed E-state index contributed by atoms with van der Waals surface area (Å²) in [6.45, 7) is 3.82. The molecule has 0 atom stereocenters. The van der Waals surface area contributed by atoms with Crippen molar-refractivity contribution < 1.29 is 19.1 Å². The Bertz CT molecular complexity index is 966. The topological polar surface area (TPSA) is 67.9 Å². The lowest BCUT2D eigenvalue weighted by molar-refractivity contribution is -0.123. The second-order valence-electron chi connectivity index (χ2n) is 8.85. The lowest BCUT2D eigenvalue weighted by atomic mass is 9.98. The molecule has 0 bridgehead atoms. The largest absolute Gasteiger partial charge is 0.446 e. The second-order valence-corrected chi connectivity index (χ2v) is 8.85. The highest BCUT2D eigenvalue weighted by Gasteiger charge is 2.27. The Morgan fingerprint density at radius 3 is 2.47 bits per heavy atom. The number of ether oxygens (including phenoxy) is 2. The summed E-state index contributed by atoms with van der Waals surface area (Å²) in [6, 6.07) is 13.7. The molecule has 0 radical (unpaired) electrons. The Balaban J connectivity index is 1.60. The summed E-state index contributed by atoms with van der Waals surface area (Å²) in [6.07, 6.45) is 6.43. The van der Waals surface area contributed by atoms with Crippen molar-refractivity contribution in [1.29, 1.82) is 0 Å². The molecule has 1 fully saturated rings. The normalized spacial score (nSPS) is 16.2. The number of nitrogens with one attached hydrogen (secondary N) is 1. The van der Waals surface area contributed by atoms with Gasteiger partial charge >= 0.3 is 6.09 Å². The second kappa shape index (κ2) is 10.2. The van der Waals surface area contributed by atoms with Gasteiger partial charge in [0.15, 0.2) is 0 Å². The third kappa shape index (κ3) is 5.30. The molecular weight excluding hydrogens is 404 g/mol. The fourth-order valence-electron chi connectivity index (χ4n) is 4.45. The summed E-state index contributed by atoms with van der Waals surface area (Å²) in [7, 11) is 0. The van der Waals surface area contributed by atoms with Crippen LogP contribution in [0.2, 0.25) is 0 Å². The number of hydrogen-bond donors (Lipinski definition) is 1. The van der Waals surface area contributed by atoms with Crippen LogP contribution in [0.15, 0.2) is 42.5 Å².